The number of hydrogen-bond donors (Lipinski definition) is 1. The lowest BCUT2D eigenvalue weighted by molar-refractivity contribution is 0.290. The van der Waals surface area contributed by atoms with Crippen molar-refractivity contribution in [3.05, 3.63) is 22.2 Å². The Morgan fingerprint density at radius 1 is 1.36 bits per heavy atom. The number of thioether (sulfide) groups is 1. The molecule has 0 bridgehead atoms. The van der Waals surface area contributed by atoms with E-state index in [1.165, 1.54) is 0 Å². The Kier molecular flexibility index (Phi) is 8.50. The molecule has 0 atom stereocenters. The van der Waals surface area contributed by atoms with Crippen molar-refractivity contribution in [1.29, 1.82) is 0 Å². The van der Waals surface area contributed by atoms with Crippen molar-refractivity contribution < 1.29 is 9.47 Å². The van der Waals surface area contributed by atoms with Crippen molar-refractivity contribution in [1.82, 2.24) is 25.5 Å². The van der Waals surface area contributed by atoms with Gasteiger partial charge in [-0.05, 0) is 41.9 Å². The fourth-order valence-electron chi connectivity index (χ4n) is 2.19. The summed E-state index contributed by atoms with van der Waals surface area (Å²) < 4.78 is 14.0. The molecular formula is C16H24BrN5O2S. The number of ether oxygens (including phenoxy) is 2. The fraction of sp³-hybridized carbons (Fsp3) is 0.562. The summed E-state index contributed by atoms with van der Waals surface area (Å²) in [5.74, 6) is 2.53. The molecule has 2 aromatic rings. The van der Waals surface area contributed by atoms with Gasteiger partial charge in [-0.25, -0.2) is 4.68 Å². The lowest BCUT2D eigenvalue weighted by atomic mass is 10.1. The van der Waals surface area contributed by atoms with Crippen LogP contribution >= 0.6 is 27.7 Å². The minimum absolute atomic E-state index is 0.669. The fourth-order valence-corrected chi connectivity index (χ4v) is 3.43. The first kappa shape index (κ1) is 20.0. The van der Waals surface area contributed by atoms with Crippen molar-refractivity contribution >= 4 is 27.7 Å². The number of aromatic nitrogens is 4. The number of nitrogens with zero attached hydrogens (tertiary/aromatic N) is 4. The highest BCUT2D eigenvalue weighted by Gasteiger charge is 2.14. The van der Waals surface area contributed by atoms with E-state index in [2.05, 4.69) is 43.7 Å². The highest BCUT2D eigenvalue weighted by Crippen LogP contribution is 2.36. The first-order chi connectivity index (χ1) is 12.2. The minimum Gasteiger partial charge on any atom is -0.493 e. The Labute approximate surface area is 161 Å². The average molecular weight is 430 g/mol. The number of tetrazole rings is 1. The van der Waals surface area contributed by atoms with Gasteiger partial charge >= 0.3 is 0 Å². The van der Waals surface area contributed by atoms with Crippen LogP contribution in [0.2, 0.25) is 0 Å². The van der Waals surface area contributed by atoms with Gasteiger partial charge in [0.1, 0.15) is 0 Å². The maximum absolute atomic E-state index is 5.91. The molecule has 9 heteroatoms. The third-order valence-corrected chi connectivity index (χ3v) is 5.29. The molecule has 0 saturated carbocycles. The first-order valence-electron chi connectivity index (χ1n) is 8.21. The molecule has 1 heterocycles. The number of benzene rings is 1. The normalized spacial score (nSPS) is 10.9. The maximum atomic E-state index is 5.91. The van der Waals surface area contributed by atoms with Crippen LogP contribution < -0.4 is 14.8 Å². The number of halogens is 1. The maximum Gasteiger partial charge on any atom is 0.209 e. The minimum atomic E-state index is 0.669. The molecule has 1 aromatic heterocycles. The van der Waals surface area contributed by atoms with Gasteiger partial charge in [0, 0.05) is 29.4 Å². The zero-order chi connectivity index (χ0) is 18.1. The van der Waals surface area contributed by atoms with Gasteiger partial charge in [0.15, 0.2) is 11.5 Å². The van der Waals surface area contributed by atoms with Gasteiger partial charge < -0.3 is 14.8 Å². The summed E-state index contributed by atoms with van der Waals surface area (Å²) in [6, 6.07) is 3.91. The zero-order valence-electron chi connectivity index (χ0n) is 14.8. The molecule has 7 nitrogen and oxygen atoms in total. The van der Waals surface area contributed by atoms with Crippen LogP contribution in [0.5, 0.6) is 11.5 Å². The summed E-state index contributed by atoms with van der Waals surface area (Å²) in [6.07, 6.45) is 1.97. The summed E-state index contributed by atoms with van der Waals surface area (Å²) in [5.41, 5.74) is 1.08. The molecule has 0 spiro atoms. The molecule has 1 aromatic carbocycles. The van der Waals surface area contributed by atoms with Crippen molar-refractivity contribution in [3.63, 3.8) is 0 Å². The molecule has 2 rings (SSSR count). The Balaban J connectivity index is 1.84. The van der Waals surface area contributed by atoms with E-state index in [1.807, 2.05) is 19.2 Å². The number of methoxy groups -OCH3 is 1. The van der Waals surface area contributed by atoms with Crippen LogP contribution in [0.3, 0.4) is 0 Å². The third kappa shape index (κ3) is 5.86. The van der Waals surface area contributed by atoms with E-state index in [4.69, 9.17) is 9.47 Å². The van der Waals surface area contributed by atoms with Crippen LogP contribution in [-0.2, 0) is 13.6 Å². The highest BCUT2D eigenvalue weighted by molar-refractivity contribution is 9.10. The molecule has 0 fully saturated rings. The van der Waals surface area contributed by atoms with Crippen LogP contribution in [0.4, 0.5) is 0 Å². The predicted octanol–water partition coefficient (Wildman–Crippen LogP) is 3.04. The monoisotopic (exact) mass is 429 g/mol. The van der Waals surface area contributed by atoms with Gasteiger partial charge in [0.2, 0.25) is 5.16 Å². The van der Waals surface area contributed by atoms with Crippen LogP contribution in [0.1, 0.15) is 25.3 Å². The van der Waals surface area contributed by atoms with Crippen LogP contribution in [0.15, 0.2) is 21.8 Å². The summed E-state index contributed by atoms with van der Waals surface area (Å²) in [7, 11) is 3.51. The molecule has 0 aliphatic rings. The largest absolute Gasteiger partial charge is 0.493 e. The summed E-state index contributed by atoms with van der Waals surface area (Å²) in [6.45, 7) is 4.37. The van der Waals surface area contributed by atoms with Gasteiger partial charge in [-0.1, -0.05) is 34.6 Å². The Bertz CT molecular complexity index is 668. The second-order valence-corrected chi connectivity index (χ2v) is 7.29. The molecule has 138 valence electrons. The molecule has 0 radical (unpaired) electrons. The third-order valence-electron chi connectivity index (χ3n) is 3.45. The lowest BCUT2D eigenvalue weighted by Crippen LogP contribution is -2.17. The second kappa shape index (κ2) is 10.6. The number of nitrogens with one attached hydrogen (secondary N) is 1. The van der Waals surface area contributed by atoms with Crippen LogP contribution in [0, 0.1) is 0 Å². The molecule has 1 N–H and O–H groups in total. The Hall–Kier alpha value is -1.32. The van der Waals surface area contributed by atoms with Crippen molar-refractivity contribution in [2.24, 2.45) is 7.05 Å². The van der Waals surface area contributed by atoms with Crippen LogP contribution in [-0.4, -0.2) is 46.2 Å². The first-order valence-corrected chi connectivity index (χ1v) is 9.99. The second-order valence-electron chi connectivity index (χ2n) is 5.37. The topological polar surface area (TPSA) is 74.1 Å². The van der Waals surface area contributed by atoms with E-state index >= 15 is 0 Å². The van der Waals surface area contributed by atoms with E-state index in [9.17, 15) is 0 Å². The molecular weight excluding hydrogens is 406 g/mol. The molecule has 0 aliphatic carbocycles. The number of aryl methyl sites for hydroxylation is 1. The Morgan fingerprint density at radius 3 is 2.88 bits per heavy atom. The molecule has 25 heavy (non-hydrogen) atoms. The predicted molar refractivity (Wildman–Crippen MR) is 102 cm³/mol. The summed E-state index contributed by atoms with van der Waals surface area (Å²) >= 11 is 5.27. The smallest absolute Gasteiger partial charge is 0.209 e. The lowest BCUT2D eigenvalue weighted by Gasteiger charge is -2.16. The Morgan fingerprint density at radius 2 is 2.20 bits per heavy atom. The van der Waals surface area contributed by atoms with Gasteiger partial charge in [0.05, 0.1) is 13.7 Å². The van der Waals surface area contributed by atoms with Crippen LogP contribution in [0.25, 0.3) is 0 Å². The van der Waals surface area contributed by atoms with Gasteiger partial charge in [-0.2, -0.15) is 0 Å². The van der Waals surface area contributed by atoms with E-state index in [0.717, 1.165) is 51.8 Å². The highest BCUT2D eigenvalue weighted by atomic mass is 79.9. The number of rotatable bonds is 11. The SMILES string of the molecule is CCCOc1c(OC)ccc(Br)c1CNCCCSc1nnnn1C. The zero-order valence-corrected chi connectivity index (χ0v) is 17.2. The van der Waals surface area contributed by atoms with Crippen molar-refractivity contribution in [2.45, 2.75) is 31.5 Å². The average Bonchev–Trinajstić information content (AvgIpc) is 3.02. The van der Waals surface area contributed by atoms with E-state index in [-0.39, 0.29) is 0 Å². The van der Waals surface area contributed by atoms with Gasteiger partial charge in [-0.15, -0.1) is 5.10 Å². The quantitative estimate of drug-likeness (QED) is 0.434. The molecule has 0 saturated heterocycles. The molecule has 0 aliphatic heterocycles. The van der Waals surface area contributed by atoms with Gasteiger partial charge in [-0.3, -0.25) is 0 Å². The summed E-state index contributed by atoms with van der Waals surface area (Å²) in [5, 5.41) is 15.7. The van der Waals surface area contributed by atoms with E-state index < -0.39 is 0 Å². The van der Waals surface area contributed by atoms with E-state index in [0.29, 0.717) is 13.2 Å². The standard InChI is InChI=1S/C16H24BrN5O2S/c1-4-9-24-15-12(13(17)6-7-14(15)23-3)11-18-8-5-10-25-16-19-20-21-22(16)2/h6-7,18H,4-5,8-11H2,1-3H3. The van der Waals surface area contributed by atoms with Gasteiger partial charge in [0.25, 0.3) is 0 Å². The number of hydrogen-bond acceptors (Lipinski definition) is 7. The van der Waals surface area contributed by atoms with E-state index in [1.54, 1.807) is 23.6 Å². The van der Waals surface area contributed by atoms with Crippen molar-refractivity contribution in [2.75, 3.05) is 26.0 Å². The molecule has 0 unspecified atom stereocenters. The summed E-state index contributed by atoms with van der Waals surface area (Å²) in [4.78, 5) is 0. The van der Waals surface area contributed by atoms with Crippen molar-refractivity contribution in [3.8, 4) is 11.5 Å². The molecule has 0 amide bonds.